The van der Waals surface area contributed by atoms with Gasteiger partial charge in [-0.2, -0.15) is 5.10 Å². The Bertz CT molecular complexity index is 416. The Kier molecular flexibility index (Phi) is 8.85. The number of carbonyl (C=O) groups is 2. The van der Waals surface area contributed by atoms with Crippen LogP contribution in [-0.2, 0) is 20.9 Å². The molecule has 0 aromatic carbocycles. The number of carbonyl (C=O) groups excluding carboxylic acids is 1. The van der Waals surface area contributed by atoms with E-state index in [-0.39, 0.29) is 18.3 Å². The van der Waals surface area contributed by atoms with E-state index in [4.69, 9.17) is 14.6 Å². The van der Waals surface area contributed by atoms with Crippen LogP contribution in [0.3, 0.4) is 0 Å². The van der Waals surface area contributed by atoms with E-state index in [1.54, 1.807) is 13.3 Å². The summed E-state index contributed by atoms with van der Waals surface area (Å²) >= 11 is 0. The van der Waals surface area contributed by atoms with Gasteiger partial charge in [-0.15, -0.1) is 0 Å². The van der Waals surface area contributed by atoms with Gasteiger partial charge in [0.25, 0.3) is 6.47 Å². The van der Waals surface area contributed by atoms with E-state index in [2.05, 4.69) is 20.4 Å². The number of methoxy groups -OCH3 is 1. The van der Waals surface area contributed by atoms with Crippen molar-refractivity contribution in [1.82, 2.24) is 20.4 Å². The number of aromatic amines is 1. The van der Waals surface area contributed by atoms with Gasteiger partial charge in [-0.25, -0.2) is 0 Å². The average molecular weight is 312 g/mol. The quantitative estimate of drug-likeness (QED) is 0.642. The summed E-state index contributed by atoms with van der Waals surface area (Å²) in [6.45, 7) is 3.95. The van der Waals surface area contributed by atoms with Crippen LogP contribution in [0.5, 0.6) is 0 Å². The van der Waals surface area contributed by atoms with Crippen LogP contribution < -0.4 is 5.32 Å². The van der Waals surface area contributed by atoms with Crippen LogP contribution in [0.1, 0.15) is 18.5 Å². The van der Waals surface area contributed by atoms with Gasteiger partial charge >= 0.3 is 0 Å². The summed E-state index contributed by atoms with van der Waals surface area (Å²) in [5.41, 5.74) is 0.936. The van der Waals surface area contributed by atoms with E-state index in [0.717, 1.165) is 44.8 Å². The van der Waals surface area contributed by atoms with E-state index >= 15 is 0 Å². The number of likely N-dealkylation sites (tertiary alicyclic amines) is 1. The van der Waals surface area contributed by atoms with Crippen LogP contribution in [0.4, 0.5) is 0 Å². The SMILES string of the molecule is COCCN1CCC(C(=O)NCc2ccn[nH]2)CC1.O=CO. The Morgan fingerprint density at radius 1 is 1.59 bits per heavy atom. The number of carboxylic acid groups (broad SMARTS) is 1. The van der Waals surface area contributed by atoms with Crippen molar-refractivity contribution in [3.8, 4) is 0 Å². The maximum absolute atomic E-state index is 12.0. The first-order chi connectivity index (χ1) is 10.7. The summed E-state index contributed by atoms with van der Waals surface area (Å²) < 4.78 is 5.07. The lowest BCUT2D eigenvalue weighted by Gasteiger charge is -2.30. The summed E-state index contributed by atoms with van der Waals surface area (Å²) in [6, 6.07) is 1.87. The van der Waals surface area contributed by atoms with E-state index < -0.39 is 0 Å². The molecule has 2 heterocycles. The van der Waals surface area contributed by atoms with Gasteiger partial charge in [-0.3, -0.25) is 14.7 Å². The summed E-state index contributed by atoms with van der Waals surface area (Å²) in [6.07, 6.45) is 3.55. The summed E-state index contributed by atoms with van der Waals surface area (Å²) in [5.74, 6) is 0.294. The zero-order valence-electron chi connectivity index (χ0n) is 12.8. The second-order valence-corrected chi connectivity index (χ2v) is 5.01. The monoisotopic (exact) mass is 312 g/mol. The molecular formula is C14H24N4O4. The molecule has 1 aromatic heterocycles. The van der Waals surface area contributed by atoms with E-state index in [9.17, 15) is 4.79 Å². The molecule has 3 N–H and O–H groups in total. The Morgan fingerprint density at radius 2 is 2.27 bits per heavy atom. The molecule has 0 aliphatic carbocycles. The highest BCUT2D eigenvalue weighted by molar-refractivity contribution is 5.78. The van der Waals surface area contributed by atoms with Crippen LogP contribution in [0, 0.1) is 5.92 Å². The Morgan fingerprint density at radius 3 is 2.82 bits per heavy atom. The minimum absolute atomic E-state index is 0.140. The maximum atomic E-state index is 12.0. The first-order valence-electron chi connectivity index (χ1n) is 7.26. The normalized spacial score (nSPS) is 15.7. The molecule has 0 unspecified atom stereocenters. The lowest BCUT2D eigenvalue weighted by Crippen LogP contribution is -2.41. The molecule has 8 heteroatoms. The number of H-pyrrole nitrogens is 1. The molecule has 124 valence electrons. The molecule has 0 atom stereocenters. The minimum Gasteiger partial charge on any atom is -0.483 e. The fraction of sp³-hybridized carbons (Fsp3) is 0.643. The minimum atomic E-state index is -0.250. The molecule has 1 aliphatic heterocycles. The third-order valence-corrected chi connectivity index (χ3v) is 3.58. The number of rotatable bonds is 6. The molecule has 1 saturated heterocycles. The summed E-state index contributed by atoms with van der Waals surface area (Å²) in [7, 11) is 1.72. The Hall–Kier alpha value is -1.93. The van der Waals surface area contributed by atoms with Gasteiger partial charge in [0.15, 0.2) is 0 Å². The number of hydrogen-bond acceptors (Lipinski definition) is 5. The fourth-order valence-corrected chi connectivity index (χ4v) is 2.35. The third-order valence-electron chi connectivity index (χ3n) is 3.58. The first-order valence-corrected chi connectivity index (χ1v) is 7.26. The highest BCUT2D eigenvalue weighted by Crippen LogP contribution is 2.17. The van der Waals surface area contributed by atoms with Crippen molar-refractivity contribution in [2.45, 2.75) is 19.4 Å². The molecule has 0 spiro atoms. The molecule has 8 nitrogen and oxygen atoms in total. The summed E-state index contributed by atoms with van der Waals surface area (Å²) in [5, 5.41) is 16.5. The topological polar surface area (TPSA) is 108 Å². The molecular weight excluding hydrogens is 288 g/mol. The first kappa shape index (κ1) is 18.1. The Balaban J connectivity index is 0.000000745. The molecule has 2 rings (SSSR count). The number of nitrogens with zero attached hydrogens (tertiary/aromatic N) is 2. The van der Waals surface area contributed by atoms with Gasteiger partial charge in [0.1, 0.15) is 0 Å². The van der Waals surface area contributed by atoms with E-state index in [0.29, 0.717) is 6.54 Å². The van der Waals surface area contributed by atoms with Gasteiger partial charge in [-0.05, 0) is 32.0 Å². The maximum Gasteiger partial charge on any atom is 0.290 e. The van der Waals surface area contributed by atoms with Crippen molar-refractivity contribution >= 4 is 12.4 Å². The lowest BCUT2D eigenvalue weighted by molar-refractivity contribution is -0.126. The molecule has 1 aromatic rings. The zero-order valence-corrected chi connectivity index (χ0v) is 12.8. The van der Waals surface area contributed by atoms with Gasteiger partial charge in [0, 0.05) is 25.8 Å². The van der Waals surface area contributed by atoms with Crippen LogP contribution in [-0.4, -0.2) is 65.9 Å². The highest BCUT2D eigenvalue weighted by Gasteiger charge is 2.24. The predicted molar refractivity (Wildman–Crippen MR) is 80.2 cm³/mol. The summed E-state index contributed by atoms with van der Waals surface area (Å²) in [4.78, 5) is 22.7. The van der Waals surface area contributed by atoms with Crippen LogP contribution in [0.2, 0.25) is 0 Å². The number of ether oxygens (including phenoxy) is 1. The highest BCUT2D eigenvalue weighted by atomic mass is 16.5. The van der Waals surface area contributed by atoms with Crippen LogP contribution in [0.15, 0.2) is 12.3 Å². The molecule has 1 amide bonds. The largest absolute Gasteiger partial charge is 0.483 e. The second kappa shape index (κ2) is 10.7. The standard InChI is InChI=1S/C13H22N4O2.CH2O2/c1-19-9-8-17-6-3-11(4-7-17)13(18)14-10-12-2-5-15-16-12;2-1-3/h2,5,11H,3-4,6-10H2,1H3,(H,14,18)(H,15,16);1H,(H,2,3). The molecule has 22 heavy (non-hydrogen) atoms. The number of piperidine rings is 1. The van der Waals surface area contributed by atoms with Crippen molar-refractivity contribution in [2.75, 3.05) is 33.4 Å². The lowest BCUT2D eigenvalue weighted by atomic mass is 9.96. The number of hydrogen-bond donors (Lipinski definition) is 3. The van der Waals surface area contributed by atoms with Crippen LogP contribution in [0.25, 0.3) is 0 Å². The van der Waals surface area contributed by atoms with E-state index in [1.807, 2.05) is 6.07 Å². The average Bonchev–Trinajstić information content (AvgIpc) is 3.05. The van der Waals surface area contributed by atoms with Crippen LogP contribution >= 0.6 is 0 Å². The van der Waals surface area contributed by atoms with Gasteiger partial charge in [0.05, 0.1) is 18.8 Å². The molecule has 1 aliphatic rings. The molecule has 0 saturated carbocycles. The predicted octanol–water partition coefficient (Wildman–Crippen LogP) is 0.0851. The van der Waals surface area contributed by atoms with Crippen molar-refractivity contribution in [2.24, 2.45) is 5.92 Å². The second-order valence-electron chi connectivity index (χ2n) is 5.01. The number of aromatic nitrogens is 2. The third kappa shape index (κ3) is 6.68. The van der Waals surface area contributed by atoms with Crippen molar-refractivity contribution in [3.05, 3.63) is 18.0 Å². The molecule has 1 fully saturated rings. The van der Waals surface area contributed by atoms with Gasteiger partial charge in [-0.1, -0.05) is 0 Å². The van der Waals surface area contributed by atoms with Gasteiger partial charge < -0.3 is 20.1 Å². The van der Waals surface area contributed by atoms with Crippen molar-refractivity contribution in [3.63, 3.8) is 0 Å². The molecule has 0 radical (unpaired) electrons. The number of nitrogens with one attached hydrogen (secondary N) is 2. The van der Waals surface area contributed by atoms with Crippen molar-refractivity contribution < 1.29 is 19.4 Å². The Labute approximate surface area is 129 Å². The molecule has 0 bridgehead atoms. The van der Waals surface area contributed by atoms with Crippen molar-refractivity contribution in [1.29, 1.82) is 0 Å². The zero-order chi connectivity index (χ0) is 16.2. The fourth-order valence-electron chi connectivity index (χ4n) is 2.35. The number of amides is 1. The van der Waals surface area contributed by atoms with E-state index in [1.165, 1.54) is 0 Å². The smallest absolute Gasteiger partial charge is 0.290 e. The van der Waals surface area contributed by atoms with Gasteiger partial charge in [0.2, 0.25) is 5.91 Å².